The number of ether oxygens (including phenoxy) is 1. The molecule has 30 heavy (non-hydrogen) atoms. The molecule has 0 saturated carbocycles. The summed E-state index contributed by atoms with van der Waals surface area (Å²) in [5, 5.41) is 2.62. The molecule has 1 aromatic heterocycles. The highest BCUT2D eigenvalue weighted by Crippen LogP contribution is 2.20. The predicted molar refractivity (Wildman–Crippen MR) is 115 cm³/mol. The van der Waals surface area contributed by atoms with Gasteiger partial charge in [-0.05, 0) is 35.2 Å². The molecule has 0 saturated heterocycles. The number of para-hydroxylation sites is 2. The Hall–Kier alpha value is -3.55. The maximum Gasteiger partial charge on any atom is 0.337 e. The number of nitrogens with one attached hydrogen (secondary N) is 1. The maximum atomic E-state index is 13.2. The van der Waals surface area contributed by atoms with E-state index in [1.807, 2.05) is 24.3 Å². The van der Waals surface area contributed by atoms with Crippen LogP contribution in [0.25, 0.3) is 11.0 Å². The lowest BCUT2D eigenvalue weighted by atomic mass is 9.86. The quantitative estimate of drug-likeness (QED) is 0.673. The van der Waals surface area contributed by atoms with Crippen molar-refractivity contribution < 1.29 is 14.3 Å². The van der Waals surface area contributed by atoms with Crippen LogP contribution in [0.2, 0.25) is 0 Å². The van der Waals surface area contributed by atoms with Gasteiger partial charge in [0, 0.05) is 0 Å². The molecule has 0 aliphatic rings. The average molecular weight is 410 g/mol. The third kappa shape index (κ3) is 4.07. The van der Waals surface area contributed by atoms with Gasteiger partial charge in [0.25, 0.3) is 0 Å². The number of hydrogen-bond donors (Lipinski definition) is 2. The highest BCUT2D eigenvalue weighted by Gasteiger charge is 2.32. The summed E-state index contributed by atoms with van der Waals surface area (Å²) < 4.78 is 7.73. The average Bonchev–Trinajstić information content (AvgIpc) is 2.97. The lowest BCUT2D eigenvalue weighted by Crippen LogP contribution is -2.54. The number of aromatic nitrogens is 2. The third-order valence-electron chi connectivity index (χ3n) is 4.96. The summed E-state index contributed by atoms with van der Waals surface area (Å²) in [6.45, 7) is 5.65. The van der Waals surface area contributed by atoms with E-state index in [1.165, 1.54) is 4.57 Å². The number of rotatable bonds is 5. The zero-order valence-electron chi connectivity index (χ0n) is 17.5. The van der Waals surface area contributed by atoms with E-state index in [2.05, 4.69) is 5.32 Å². The number of methoxy groups -OCH3 is 1. The molecule has 1 atom stereocenters. The van der Waals surface area contributed by atoms with Crippen LogP contribution >= 0.6 is 0 Å². The van der Waals surface area contributed by atoms with Gasteiger partial charge in [0.1, 0.15) is 11.8 Å². The molecule has 0 aliphatic heterocycles. The summed E-state index contributed by atoms with van der Waals surface area (Å²) in [4.78, 5) is 38.1. The molecule has 2 amide bonds. The summed E-state index contributed by atoms with van der Waals surface area (Å²) >= 11 is 0. The Morgan fingerprint density at radius 3 is 2.20 bits per heavy atom. The molecular weight excluding hydrogens is 384 g/mol. The van der Waals surface area contributed by atoms with Crippen molar-refractivity contribution in [1.82, 2.24) is 14.5 Å². The Kier molecular flexibility index (Phi) is 5.69. The third-order valence-corrected chi connectivity index (χ3v) is 4.96. The van der Waals surface area contributed by atoms with Crippen molar-refractivity contribution in [1.29, 1.82) is 0 Å². The van der Waals surface area contributed by atoms with Crippen molar-refractivity contribution in [3.05, 3.63) is 64.6 Å². The molecule has 8 nitrogen and oxygen atoms in total. The fourth-order valence-electron chi connectivity index (χ4n) is 3.37. The molecule has 0 bridgehead atoms. The Balaban J connectivity index is 2.04. The maximum absolute atomic E-state index is 13.2. The van der Waals surface area contributed by atoms with Crippen molar-refractivity contribution >= 4 is 23.0 Å². The van der Waals surface area contributed by atoms with Crippen molar-refractivity contribution in [2.75, 3.05) is 7.11 Å². The first-order valence-corrected chi connectivity index (χ1v) is 9.57. The van der Waals surface area contributed by atoms with E-state index < -0.39 is 29.1 Å². The first-order valence-electron chi connectivity index (χ1n) is 9.57. The van der Waals surface area contributed by atoms with E-state index >= 15 is 0 Å². The monoisotopic (exact) mass is 410 g/mol. The molecule has 0 fully saturated rings. The number of carbonyl (C=O) groups excluding carboxylic acids is 2. The first-order chi connectivity index (χ1) is 14.1. The van der Waals surface area contributed by atoms with Gasteiger partial charge in [-0.2, -0.15) is 0 Å². The highest BCUT2D eigenvalue weighted by molar-refractivity contribution is 5.92. The van der Waals surface area contributed by atoms with Gasteiger partial charge in [0.15, 0.2) is 0 Å². The molecule has 8 heteroatoms. The number of nitrogens with two attached hydrogens (primary N) is 1. The largest absolute Gasteiger partial charge is 0.497 e. The minimum Gasteiger partial charge on any atom is -0.497 e. The van der Waals surface area contributed by atoms with E-state index in [-0.39, 0.29) is 6.54 Å². The van der Waals surface area contributed by atoms with Crippen LogP contribution in [0.4, 0.5) is 4.79 Å². The smallest absolute Gasteiger partial charge is 0.337 e. The molecule has 158 valence electrons. The van der Waals surface area contributed by atoms with Gasteiger partial charge in [0.05, 0.1) is 24.7 Å². The Bertz CT molecular complexity index is 1140. The molecule has 3 rings (SSSR count). The van der Waals surface area contributed by atoms with E-state index in [0.717, 1.165) is 10.1 Å². The molecule has 0 aliphatic carbocycles. The molecule has 3 aromatic rings. The standard InChI is InChI=1S/C22H26N4O4/c1-22(2,3)18(19(23)27)24-20(28)26-17-8-6-5-7-16(17)25(21(26)29)13-14-9-11-15(30-4)12-10-14/h5-12,18H,13H2,1-4H3,(H2,23,27)(H,24,28)/t18-/m1/s1. The van der Waals surface area contributed by atoms with Crippen molar-refractivity contribution in [3.8, 4) is 5.75 Å². The first kappa shape index (κ1) is 21.2. The van der Waals surface area contributed by atoms with E-state index in [4.69, 9.17) is 10.5 Å². The fraction of sp³-hybridized carbons (Fsp3) is 0.318. The van der Waals surface area contributed by atoms with Crippen molar-refractivity contribution in [2.45, 2.75) is 33.4 Å². The summed E-state index contributed by atoms with van der Waals surface area (Å²) in [6.07, 6.45) is 0. The topological polar surface area (TPSA) is 108 Å². The van der Waals surface area contributed by atoms with Gasteiger partial charge in [-0.3, -0.25) is 9.36 Å². The number of amides is 2. The van der Waals surface area contributed by atoms with Crippen LogP contribution in [0.1, 0.15) is 26.3 Å². The van der Waals surface area contributed by atoms with Crippen LogP contribution in [0.15, 0.2) is 53.3 Å². The van der Waals surface area contributed by atoms with Crippen LogP contribution in [0.3, 0.4) is 0 Å². The molecule has 0 spiro atoms. The van der Waals surface area contributed by atoms with Gasteiger partial charge in [-0.15, -0.1) is 0 Å². The van der Waals surface area contributed by atoms with Crippen LogP contribution in [-0.2, 0) is 11.3 Å². The molecule has 2 aromatic carbocycles. The van der Waals surface area contributed by atoms with Crippen LogP contribution in [0, 0.1) is 5.41 Å². The molecule has 1 heterocycles. The Morgan fingerprint density at radius 1 is 1.07 bits per heavy atom. The number of imidazole rings is 1. The number of fused-ring (bicyclic) bond motifs is 1. The second kappa shape index (κ2) is 8.06. The molecular formula is C22H26N4O4. The lowest BCUT2D eigenvalue weighted by Gasteiger charge is -2.28. The minimum atomic E-state index is -0.930. The van der Waals surface area contributed by atoms with Crippen LogP contribution < -0.4 is 21.5 Å². The van der Waals surface area contributed by atoms with Gasteiger partial charge in [0.2, 0.25) is 5.91 Å². The number of nitrogens with zero attached hydrogens (tertiary/aromatic N) is 2. The second-order valence-electron chi connectivity index (χ2n) is 8.19. The number of carbonyl (C=O) groups is 2. The van der Waals surface area contributed by atoms with Gasteiger partial charge in [-0.25, -0.2) is 14.2 Å². The number of benzene rings is 2. The lowest BCUT2D eigenvalue weighted by molar-refractivity contribution is -0.122. The Labute approximate surface area is 174 Å². The zero-order valence-corrected chi connectivity index (χ0v) is 17.5. The highest BCUT2D eigenvalue weighted by atomic mass is 16.5. The molecule has 0 unspecified atom stereocenters. The SMILES string of the molecule is COc1ccc(Cn2c(=O)n(C(=O)N[C@H](C(N)=O)C(C)(C)C)c3ccccc32)cc1. The summed E-state index contributed by atoms with van der Waals surface area (Å²) in [6, 6.07) is 12.7. The van der Waals surface area contributed by atoms with Crippen molar-refractivity contribution in [3.63, 3.8) is 0 Å². The fourth-order valence-corrected chi connectivity index (χ4v) is 3.37. The van der Waals surface area contributed by atoms with Gasteiger partial charge < -0.3 is 15.8 Å². The van der Waals surface area contributed by atoms with Crippen LogP contribution in [-0.4, -0.2) is 34.2 Å². The van der Waals surface area contributed by atoms with Gasteiger partial charge in [-0.1, -0.05) is 45.0 Å². The number of hydrogen-bond acceptors (Lipinski definition) is 4. The van der Waals surface area contributed by atoms with E-state index in [9.17, 15) is 14.4 Å². The van der Waals surface area contributed by atoms with Crippen molar-refractivity contribution in [2.24, 2.45) is 11.1 Å². The zero-order chi connectivity index (χ0) is 22.1. The second-order valence-corrected chi connectivity index (χ2v) is 8.19. The molecule has 0 radical (unpaired) electrons. The van der Waals surface area contributed by atoms with Gasteiger partial charge >= 0.3 is 11.7 Å². The normalized spacial score (nSPS) is 12.5. The summed E-state index contributed by atoms with van der Waals surface area (Å²) in [7, 11) is 1.59. The Morgan fingerprint density at radius 2 is 1.67 bits per heavy atom. The minimum absolute atomic E-state index is 0.280. The van der Waals surface area contributed by atoms with E-state index in [1.54, 1.807) is 52.1 Å². The summed E-state index contributed by atoms with van der Waals surface area (Å²) in [5.41, 5.74) is 6.31. The molecule has 3 N–H and O–H groups in total. The number of primary amides is 1. The van der Waals surface area contributed by atoms with Crippen LogP contribution in [0.5, 0.6) is 5.75 Å². The summed E-state index contributed by atoms with van der Waals surface area (Å²) in [5.74, 6) is 0.0541. The van der Waals surface area contributed by atoms with E-state index in [0.29, 0.717) is 16.8 Å². The predicted octanol–water partition coefficient (Wildman–Crippen LogP) is 2.32.